The van der Waals surface area contributed by atoms with Crippen molar-refractivity contribution in [2.24, 2.45) is 5.92 Å². The number of nitriles is 1. The monoisotopic (exact) mass is 317 g/mol. The van der Waals surface area contributed by atoms with E-state index in [-0.39, 0.29) is 0 Å². The van der Waals surface area contributed by atoms with Gasteiger partial charge in [0.05, 0.1) is 11.6 Å². The molecule has 4 rings (SSSR count). The normalized spacial score (nSPS) is 23.5. The highest BCUT2D eigenvalue weighted by atomic mass is 15.2. The Kier molecular flexibility index (Phi) is 4.34. The van der Waals surface area contributed by atoms with Crippen LogP contribution in [0.25, 0.3) is 0 Å². The molecule has 0 bridgehead atoms. The second-order valence-electron chi connectivity index (χ2n) is 7.14. The van der Waals surface area contributed by atoms with Crippen LogP contribution >= 0.6 is 0 Å². The summed E-state index contributed by atoms with van der Waals surface area (Å²) in [6.07, 6.45) is 1.28. The van der Waals surface area contributed by atoms with Crippen molar-refractivity contribution in [2.45, 2.75) is 24.9 Å². The van der Waals surface area contributed by atoms with E-state index in [9.17, 15) is 0 Å². The number of likely N-dealkylation sites (tertiary alicyclic amines) is 1. The van der Waals surface area contributed by atoms with Crippen LogP contribution in [0.1, 0.15) is 29.0 Å². The Bertz CT molecular complexity index is 711. The zero-order valence-corrected chi connectivity index (χ0v) is 13.9. The average molecular weight is 317 g/mol. The molecule has 0 unspecified atom stereocenters. The summed E-state index contributed by atoms with van der Waals surface area (Å²) in [7, 11) is 0. The third-order valence-corrected chi connectivity index (χ3v) is 5.21. The van der Waals surface area contributed by atoms with Crippen molar-refractivity contribution >= 4 is 0 Å². The number of nitrogens with one attached hydrogen (secondary N) is 1. The van der Waals surface area contributed by atoms with Crippen molar-refractivity contribution in [3.8, 4) is 6.07 Å². The van der Waals surface area contributed by atoms with E-state index < -0.39 is 0 Å². The zero-order chi connectivity index (χ0) is 16.4. The molecule has 3 nitrogen and oxygen atoms in total. The van der Waals surface area contributed by atoms with Gasteiger partial charge in [-0.1, -0.05) is 42.5 Å². The molecule has 2 aromatic carbocycles. The highest BCUT2D eigenvalue weighted by Gasteiger charge is 2.38. The number of hydrogen-bond acceptors (Lipinski definition) is 3. The second kappa shape index (κ2) is 6.76. The van der Waals surface area contributed by atoms with Gasteiger partial charge in [0.25, 0.3) is 0 Å². The molecule has 2 aliphatic rings. The van der Waals surface area contributed by atoms with E-state index >= 15 is 0 Å². The van der Waals surface area contributed by atoms with Gasteiger partial charge in [-0.3, -0.25) is 4.90 Å². The average Bonchev–Trinajstić information content (AvgIpc) is 3.38. The first-order valence-corrected chi connectivity index (χ1v) is 8.81. The lowest BCUT2D eigenvalue weighted by Crippen LogP contribution is -2.50. The standard InChI is InChI=1S/C21H23N3/c22-11-16-6-8-17(9-7-16)13-24-14-18(15-24)12-23-21-10-20(21)19-4-2-1-3-5-19/h1-9,18,20-21,23H,10,12-15H2/t20-,21+/m0/s1. The molecule has 2 aromatic rings. The molecule has 1 saturated heterocycles. The van der Waals surface area contributed by atoms with Crippen LogP contribution in [0, 0.1) is 17.2 Å². The Morgan fingerprint density at radius 3 is 2.50 bits per heavy atom. The van der Waals surface area contributed by atoms with Crippen molar-refractivity contribution in [1.29, 1.82) is 5.26 Å². The number of nitrogens with zero attached hydrogens (tertiary/aromatic N) is 2. The molecule has 2 fully saturated rings. The molecule has 0 aromatic heterocycles. The van der Waals surface area contributed by atoms with E-state index in [1.54, 1.807) is 0 Å². The zero-order valence-electron chi connectivity index (χ0n) is 13.9. The van der Waals surface area contributed by atoms with Gasteiger partial charge in [-0.15, -0.1) is 0 Å². The van der Waals surface area contributed by atoms with Crippen LogP contribution in [0.4, 0.5) is 0 Å². The highest BCUT2D eigenvalue weighted by Crippen LogP contribution is 2.40. The van der Waals surface area contributed by atoms with E-state index in [0.717, 1.165) is 30.5 Å². The first-order chi connectivity index (χ1) is 11.8. The molecule has 0 spiro atoms. The Balaban J connectivity index is 1.16. The van der Waals surface area contributed by atoms with Gasteiger partial charge in [0.15, 0.2) is 0 Å². The molecule has 0 radical (unpaired) electrons. The van der Waals surface area contributed by atoms with Gasteiger partial charge in [0.2, 0.25) is 0 Å². The smallest absolute Gasteiger partial charge is 0.0991 e. The van der Waals surface area contributed by atoms with Crippen molar-refractivity contribution < 1.29 is 0 Å². The van der Waals surface area contributed by atoms with Gasteiger partial charge in [-0.2, -0.15) is 5.26 Å². The topological polar surface area (TPSA) is 39.1 Å². The third kappa shape index (κ3) is 3.51. The minimum atomic E-state index is 0.681. The van der Waals surface area contributed by atoms with Gasteiger partial charge in [-0.25, -0.2) is 0 Å². The van der Waals surface area contributed by atoms with Crippen LogP contribution in [0.5, 0.6) is 0 Å². The molecular formula is C21H23N3. The summed E-state index contributed by atoms with van der Waals surface area (Å²) in [5.41, 5.74) is 3.51. The molecule has 1 aliphatic heterocycles. The summed E-state index contributed by atoms with van der Waals surface area (Å²) < 4.78 is 0. The molecule has 122 valence electrons. The maximum absolute atomic E-state index is 8.84. The minimum Gasteiger partial charge on any atom is -0.313 e. The summed E-state index contributed by atoms with van der Waals surface area (Å²) in [5, 5.41) is 12.6. The minimum absolute atomic E-state index is 0.681. The maximum Gasteiger partial charge on any atom is 0.0991 e. The molecular weight excluding hydrogens is 294 g/mol. The van der Waals surface area contributed by atoms with Crippen LogP contribution in [0.3, 0.4) is 0 Å². The van der Waals surface area contributed by atoms with Crippen molar-refractivity contribution in [1.82, 2.24) is 10.2 Å². The molecule has 0 amide bonds. The van der Waals surface area contributed by atoms with Crippen molar-refractivity contribution in [2.75, 3.05) is 19.6 Å². The Morgan fingerprint density at radius 1 is 1.04 bits per heavy atom. The summed E-state index contributed by atoms with van der Waals surface area (Å²) in [6, 6.07) is 21.7. The van der Waals surface area contributed by atoms with E-state index in [2.05, 4.69) is 58.8 Å². The first-order valence-electron chi connectivity index (χ1n) is 8.81. The third-order valence-electron chi connectivity index (χ3n) is 5.21. The molecule has 1 aliphatic carbocycles. The number of rotatable bonds is 6. The Labute approximate surface area is 143 Å². The quantitative estimate of drug-likeness (QED) is 0.889. The summed E-state index contributed by atoms with van der Waals surface area (Å²) >= 11 is 0. The summed E-state index contributed by atoms with van der Waals surface area (Å²) in [5.74, 6) is 1.50. The molecule has 1 saturated carbocycles. The molecule has 2 atom stereocenters. The summed E-state index contributed by atoms with van der Waals surface area (Å²) in [6.45, 7) is 4.49. The predicted molar refractivity (Wildman–Crippen MR) is 95.5 cm³/mol. The second-order valence-corrected chi connectivity index (χ2v) is 7.14. The fourth-order valence-electron chi connectivity index (χ4n) is 3.69. The maximum atomic E-state index is 8.84. The van der Waals surface area contributed by atoms with Crippen LogP contribution in [-0.2, 0) is 6.54 Å². The van der Waals surface area contributed by atoms with E-state index in [1.165, 1.54) is 30.6 Å². The van der Waals surface area contributed by atoms with Crippen LogP contribution < -0.4 is 5.32 Å². The highest BCUT2D eigenvalue weighted by molar-refractivity contribution is 5.31. The van der Waals surface area contributed by atoms with Crippen LogP contribution in [-0.4, -0.2) is 30.6 Å². The molecule has 3 heteroatoms. The van der Waals surface area contributed by atoms with Crippen LogP contribution in [0.15, 0.2) is 54.6 Å². The lowest BCUT2D eigenvalue weighted by Gasteiger charge is -2.39. The predicted octanol–water partition coefficient (Wildman–Crippen LogP) is 3.14. The van der Waals surface area contributed by atoms with Gasteiger partial charge in [0.1, 0.15) is 0 Å². The van der Waals surface area contributed by atoms with Crippen molar-refractivity contribution in [3.63, 3.8) is 0 Å². The van der Waals surface area contributed by atoms with Gasteiger partial charge < -0.3 is 5.32 Å². The van der Waals surface area contributed by atoms with Gasteiger partial charge in [-0.05, 0) is 35.6 Å². The van der Waals surface area contributed by atoms with E-state index in [1.807, 2.05) is 12.1 Å². The molecule has 1 heterocycles. The SMILES string of the molecule is N#Cc1ccc(CN2CC(CN[C@@H]3C[C@H]3c3ccccc3)C2)cc1. The van der Waals surface area contributed by atoms with Crippen molar-refractivity contribution in [3.05, 3.63) is 71.3 Å². The van der Waals surface area contributed by atoms with E-state index in [0.29, 0.717) is 6.04 Å². The fourth-order valence-corrected chi connectivity index (χ4v) is 3.69. The molecule has 24 heavy (non-hydrogen) atoms. The fraction of sp³-hybridized carbons (Fsp3) is 0.381. The van der Waals surface area contributed by atoms with Gasteiger partial charge in [0, 0.05) is 38.1 Å². The first kappa shape index (κ1) is 15.4. The van der Waals surface area contributed by atoms with Gasteiger partial charge >= 0.3 is 0 Å². The lowest BCUT2D eigenvalue weighted by atomic mass is 9.99. The summed E-state index contributed by atoms with van der Waals surface area (Å²) in [4.78, 5) is 2.48. The lowest BCUT2D eigenvalue weighted by molar-refractivity contribution is 0.0914. The van der Waals surface area contributed by atoms with Crippen LogP contribution in [0.2, 0.25) is 0 Å². The Morgan fingerprint density at radius 2 is 1.79 bits per heavy atom. The number of benzene rings is 2. The molecule has 1 N–H and O–H groups in total. The van der Waals surface area contributed by atoms with E-state index in [4.69, 9.17) is 5.26 Å². The Hall–Kier alpha value is -2.15. The number of hydrogen-bond donors (Lipinski definition) is 1. The largest absolute Gasteiger partial charge is 0.313 e.